The number of rotatable bonds is 5. The Morgan fingerprint density at radius 3 is 1.92 bits per heavy atom. The lowest BCUT2D eigenvalue weighted by atomic mass is 10.2. The molecule has 0 heterocycles. The third-order valence-corrected chi connectivity index (χ3v) is 2.17. The van der Waals surface area contributed by atoms with Crippen molar-refractivity contribution in [2.75, 3.05) is 18.1 Å². The molecule has 0 unspecified atom stereocenters. The Balaban J connectivity index is 3.77. The van der Waals surface area contributed by atoms with Crippen LogP contribution in [0, 0.1) is 0 Å². The van der Waals surface area contributed by atoms with Gasteiger partial charge in [0.15, 0.2) is 0 Å². The summed E-state index contributed by atoms with van der Waals surface area (Å²) >= 11 is 0.866. The standard InChI is InChI=1S/C6H9F5OS/c7-5(8,6(9,10)11)1-3-13-4-2-12/h12H,1-4H2. The van der Waals surface area contributed by atoms with Crippen molar-refractivity contribution in [2.24, 2.45) is 0 Å². The van der Waals surface area contributed by atoms with E-state index in [-0.39, 0.29) is 18.1 Å². The van der Waals surface area contributed by atoms with Crippen LogP contribution in [0.5, 0.6) is 0 Å². The molecular formula is C6H9F5OS. The van der Waals surface area contributed by atoms with Gasteiger partial charge in [-0.15, -0.1) is 0 Å². The van der Waals surface area contributed by atoms with Crippen LogP contribution >= 0.6 is 11.8 Å². The Hall–Kier alpha value is -0.0400. The van der Waals surface area contributed by atoms with E-state index in [1.165, 1.54) is 0 Å². The lowest BCUT2D eigenvalue weighted by Gasteiger charge is -2.18. The zero-order chi connectivity index (χ0) is 10.5. The minimum absolute atomic E-state index is 0.175. The lowest BCUT2D eigenvalue weighted by molar-refractivity contribution is -0.282. The van der Waals surface area contributed by atoms with Crippen molar-refractivity contribution in [3.05, 3.63) is 0 Å². The predicted octanol–water partition coefficient (Wildman–Crippen LogP) is 2.30. The summed E-state index contributed by atoms with van der Waals surface area (Å²) in [5.74, 6) is -4.75. The van der Waals surface area contributed by atoms with E-state index in [0.717, 1.165) is 11.8 Å². The Morgan fingerprint density at radius 1 is 1.00 bits per heavy atom. The summed E-state index contributed by atoms with van der Waals surface area (Å²) in [4.78, 5) is 0. The highest BCUT2D eigenvalue weighted by molar-refractivity contribution is 7.99. The first-order valence-corrected chi connectivity index (χ1v) is 4.60. The predicted molar refractivity (Wildman–Crippen MR) is 40.0 cm³/mol. The van der Waals surface area contributed by atoms with Gasteiger partial charge >= 0.3 is 12.1 Å². The molecule has 0 saturated heterocycles. The molecule has 13 heavy (non-hydrogen) atoms. The minimum atomic E-state index is -5.47. The second-order valence-electron chi connectivity index (χ2n) is 2.29. The zero-order valence-corrected chi connectivity index (χ0v) is 7.39. The van der Waals surface area contributed by atoms with Crippen LogP contribution in [-0.2, 0) is 0 Å². The van der Waals surface area contributed by atoms with Crippen LogP contribution in [0.25, 0.3) is 0 Å². The molecule has 80 valence electrons. The number of alkyl halides is 5. The second kappa shape index (κ2) is 4.99. The smallest absolute Gasteiger partial charge is 0.396 e. The molecule has 1 N–H and O–H groups in total. The van der Waals surface area contributed by atoms with E-state index in [1.807, 2.05) is 0 Å². The molecule has 0 aliphatic heterocycles. The first kappa shape index (κ1) is 13.0. The van der Waals surface area contributed by atoms with Crippen LogP contribution in [0.4, 0.5) is 22.0 Å². The normalized spacial score (nSPS) is 13.4. The molecule has 0 fully saturated rings. The van der Waals surface area contributed by atoms with Gasteiger partial charge < -0.3 is 5.11 Å². The van der Waals surface area contributed by atoms with E-state index in [2.05, 4.69) is 0 Å². The summed E-state index contributed by atoms with van der Waals surface area (Å²) in [5, 5.41) is 8.23. The number of hydrogen-bond acceptors (Lipinski definition) is 2. The van der Waals surface area contributed by atoms with E-state index in [4.69, 9.17) is 5.11 Å². The van der Waals surface area contributed by atoms with Crippen molar-refractivity contribution in [3.8, 4) is 0 Å². The first-order valence-electron chi connectivity index (χ1n) is 3.44. The van der Waals surface area contributed by atoms with Crippen LogP contribution in [-0.4, -0.2) is 35.3 Å². The maximum Gasteiger partial charge on any atom is 0.453 e. The Labute approximate surface area is 76.3 Å². The van der Waals surface area contributed by atoms with Crippen molar-refractivity contribution in [2.45, 2.75) is 18.5 Å². The molecule has 0 radical (unpaired) electrons. The summed E-state index contributed by atoms with van der Waals surface area (Å²) in [6.07, 6.45) is -6.70. The molecule has 0 atom stereocenters. The molecule has 0 bridgehead atoms. The zero-order valence-electron chi connectivity index (χ0n) is 6.57. The molecule has 0 aromatic heterocycles. The molecule has 0 spiro atoms. The van der Waals surface area contributed by atoms with Crippen molar-refractivity contribution in [1.82, 2.24) is 0 Å². The Morgan fingerprint density at radius 2 is 1.54 bits per heavy atom. The molecule has 0 aromatic rings. The average molecular weight is 224 g/mol. The highest BCUT2D eigenvalue weighted by Crippen LogP contribution is 2.38. The van der Waals surface area contributed by atoms with Gasteiger partial charge in [0, 0.05) is 12.2 Å². The second-order valence-corrected chi connectivity index (χ2v) is 3.51. The van der Waals surface area contributed by atoms with Gasteiger partial charge in [-0.2, -0.15) is 33.7 Å². The van der Waals surface area contributed by atoms with E-state index in [0.29, 0.717) is 0 Å². The van der Waals surface area contributed by atoms with Crippen molar-refractivity contribution in [3.63, 3.8) is 0 Å². The fraction of sp³-hybridized carbons (Fsp3) is 1.00. The topological polar surface area (TPSA) is 20.2 Å². The van der Waals surface area contributed by atoms with Gasteiger partial charge in [0.2, 0.25) is 0 Å². The van der Waals surface area contributed by atoms with Gasteiger partial charge in [-0.3, -0.25) is 0 Å². The number of hydrogen-bond donors (Lipinski definition) is 1. The molecule has 0 aromatic carbocycles. The Bertz CT molecular complexity index is 146. The minimum Gasteiger partial charge on any atom is -0.396 e. The number of halogens is 5. The maximum absolute atomic E-state index is 12.2. The molecule has 0 rings (SSSR count). The molecule has 0 aliphatic carbocycles. The highest BCUT2D eigenvalue weighted by Gasteiger charge is 2.56. The van der Waals surface area contributed by atoms with Crippen LogP contribution < -0.4 is 0 Å². The number of aliphatic hydroxyl groups excluding tert-OH is 1. The van der Waals surface area contributed by atoms with Crippen molar-refractivity contribution >= 4 is 11.8 Å². The molecule has 0 amide bonds. The molecule has 1 nitrogen and oxygen atoms in total. The monoisotopic (exact) mass is 224 g/mol. The van der Waals surface area contributed by atoms with Crippen LogP contribution in [0.3, 0.4) is 0 Å². The molecule has 0 aliphatic rings. The van der Waals surface area contributed by atoms with E-state index >= 15 is 0 Å². The summed E-state index contributed by atoms with van der Waals surface area (Å²) in [7, 11) is 0. The number of aliphatic hydroxyl groups is 1. The molecular weight excluding hydrogens is 215 g/mol. The lowest BCUT2D eigenvalue weighted by Crippen LogP contribution is -2.36. The average Bonchev–Trinajstić information content (AvgIpc) is 1.96. The van der Waals surface area contributed by atoms with Gasteiger partial charge in [-0.1, -0.05) is 0 Å². The highest BCUT2D eigenvalue weighted by atomic mass is 32.2. The van der Waals surface area contributed by atoms with Gasteiger partial charge in [-0.05, 0) is 5.75 Å². The quantitative estimate of drug-likeness (QED) is 0.571. The van der Waals surface area contributed by atoms with Crippen molar-refractivity contribution in [1.29, 1.82) is 0 Å². The Kier molecular flexibility index (Phi) is 4.98. The maximum atomic E-state index is 12.2. The summed E-state index contributed by atoms with van der Waals surface area (Å²) in [6.45, 7) is -0.220. The van der Waals surface area contributed by atoms with Gasteiger partial charge in [-0.25, -0.2) is 0 Å². The summed E-state index contributed by atoms with van der Waals surface area (Å²) in [5.41, 5.74) is 0. The summed E-state index contributed by atoms with van der Waals surface area (Å²) < 4.78 is 58.9. The summed E-state index contributed by atoms with van der Waals surface area (Å²) in [6, 6.07) is 0. The SMILES string of the molecule is OCCSCCC(F)(F)C(F)(F)F. The molecule has 0 saturated carbocycles. The van der Waals surface area contributed by atoms with Crippen LogP contribution in [0.1, 0.15) is 6.42 Å². The third kappa shape index (κ3) is 4.66. The number of thioether (sulfide) groups is 1. The molecule has 7 heteroatoms. The van der Waals surface area contributed by atoms with Gasteiger partial charge in [0.1, 0.15) is 0 Å². The van der Waals surface area contributed by atoms with E-state index in [9.17, 15) is 22.0 Å². The van der Waals surface area contributed by atoms with Gasteiger partial charge in [0.05, 0.1) is 6.61 Å². The van der Waals surface area contributed by atoms with E-state index in [1.54, 1.807) is 0 Å². The largest absolute Gasteiger partial charge is 0.453 e. The van der Waals surface area contributed by atoms with E-state index < -0.39 is 18.5 Å². The van der Waals surface area contributed by atoms with Crippen LogP contribution in [0.2, 0.25) is 0 Å². The van der Waals surface area contributed by atoms with Crippen molar-refractivity contribution < 1.29 is 27.1 Å². The fourth-order valence-corrected chi connectivity index (χ4v) is 1.24. The third-order valence-electron chi connectivity index (χ3n) is 1.21. The van der Waals surface area contributed by atoms with Crippen LogP contribution in [0.15, 0.2) is 0 Å². The first-order chi connectivity index (χ1) is 5.81. The van der Waals surface area contributed by atoms with Gasteiger partial charge in [0.25, 0.3) is 0 Å². The fourth-order valence-electron chi connectivity index (χ4n) is 0.509.